The average molecular weight is 470 g/mol. The first-order valence-electron chi connectivity index (χ1n) is 11.3. The van der Waals surface area contributed by atoms with Gasteiger partial charge in [0.25, 0.3) is 0 Å². The van der Waals surface area contributed by atoms with Gasteiger partial charge in [0.15, 0.2) is 0 Å². The van der Waals surface area contributed by atoms with E-state index in [4.69, 9.17) is 0 Å². The van der Waals surface area contributed by atoms with E-state index in [0.717, 1.165) is 22.3 Å². The second-order valence-corrected chi connectivity index (χ2v) is 8.76. The molecule has 0 aliphatic heterocycles. The minimum Gasteiger partial charge on any atom is -0.480 e. The van der Waals surface area contributed by atoms with E-state index in [-0.39, 0.29) is 12.3 Å². The van der Waals surface area contributed by atoms with Crippen LogP contribution in [0.25, 0.3) is 21.9 Å². The van der Waals surface area contributed by atoms with E-state index >= 15 is 0 Å². The normalized spacial score (nSPS) is 12.7. The van der Waals surface area contributed by atoms with Crippen LogP contribution in [0.15, 0.2) is 97.1 Å². The third kappa shape index (κ3) is 5.67. The third-order valence-corrected chi connectivity index (χ3v) is 6.47. The van der Waals surface area contributed by atoms with Gasteiger partial charge in [-0.2, -0.15) is 12.6 Å². The van der Waals surface area contributed by atoms with E-state index in [0.29, 0.717) is 12.2 Å². The Morgan fingerprint density at radius 2 is 1.41 bits per heavy atom. The number of carboxylic acids is 1. The van der Waals surface area contributed by atoms with Gasteiger partial charge in [-0.15, -0.1) is 0 Å². The zero-order chi connectivity index (χ0) is 23.9. The number of amides is 1. The number of fused-ring (bicyclic) bond motifs is 1. The van der Waals surface area contributed by atoms with Crippen molar-refractivity contribution in [3.8, 4) is 11.1 Å². The van der Waals surface area contributed by atoms with Crippen molar-refractivity contribution in [2.75, 3.05) is 5.75 Å². The van der Waals surface area contributed by atoms with Gasteiger partial charge in [0.1, 0.15) is 6.04 Å². The molecule has 0 radical (unpaired) electrons. The summed E-state index contributed by atoms with van der Waals surface area (Å²) in [5.74, 6) is -1.41. The van der Waals surface area contributed by atoms with E-state index in [1.165, 1.54) is 10.8 Å². The van der Waals surface area contributed by atoms with Crippen LogP contribution in [0.1, 0.15) is 11.1 Å². The van der Waals surface area contributed by atoms with E-state index in [1.807, 2.05) is 72.8 Å². The van der Waals surface area contributed by atoms with Gasteiger partial charge < -0.3 is 10.4 Å². The topological polar surface area (TPSA) is 66.4 Å². The Labute approximate surface area is 205 Å². The van der Waals surface area contributed by atoms with Gasteiger partial charge in [0, 0.05) is 12.2 Å². The number of hydrogen-bond donors (Lipinski definition) is 3. The van der Waals surface area contributed by atoms with Crippen LogP contribution < -0.4 is 5.32 Å². The minimum atomic E-state index is -1.05. The summed E-state index contributed by atoms with van der Waals surface area (Å²) < 4.78 is 0. The molecule has 0 spiro atoms. The Morgan fingerprint density at radius 1 is 0.765 bits per heavy atom. The first kappa shape index (κ1) is 23.6. The van der Waals surface area contributed by atoms with Crippen molar-refractivity contribution in [2.45, 2.75) is 18.9 Å². The maximum absolute atomic E-state index is 12.8. The van der Waals surface area contributed by atoms with Crippen molar-refractivity contribution in [3.63, 3.8) is 0 Å². The largest absolute Gasteiger partial charge is 0.480 e. The van der Waals surface area contributed by atoms with Crippen LogP contribution in [0.5, 0.6) is 0 Å². The highest BCUT2D eigenvalue weighted by molar-refractivity contribution is 7.80. The molecule has 34 heavy (non-hydrogen) atoms. The molecule has 0 fully saturated rings. The molecular formula is C29H27NO3S. The monoisotopic (exact) mass is 469 g/mol. The van der Waals surface area contributed by atoms with E-state index < -0.39 is 17.9 Å². The summed E-state index contributed by atoms with van der Waals surface area (Å²) in [5, 5.41) is 14.8. The van der Waals surface area contributed by atoms with Gasteiger partial charge in [-0.05, 0) is 39.4 Å². The second-order valence-electron chi connectivity index (χ2n) is 8.40. The molecule has 172 valence electrons. The molecular weight excluding hydrogens is 442 g/mol. The summed E-state index contributed by atoms with van der Waals surface area (Å²) in [6.45, 7) is 0. The van der Waals surface area contributed by atoms with Gasteiger partial charge in [0.05, 0.1) is 5.92 Å². The van der Waals surface area contributed by atoms with E-state index in [2.05, 4.69) is 42.2 Å². The highest BCUT2D eigenvalue weighted by Gasteiger charge is 2.25. The molecule has 4 nitrogen and oxygen atoms in total. The number of carboxylic acid groups (broad SMARTS) is 1. The Hall–Kier alpha value is -3.57. The second kappa shape index (κ2) is 11.0. The maximum Gasteiger partial charge on any atom is 0.326 e. The maximum atomic E-state index is 12.8. The molecule has 0 saturated carbocycles. The molecule has 2 atom stereocenters. The molecule has 0 aliphatic carbocycles. The first-order chi connectivity index (χ1) is 16.5. The lowest BCUT2D eigenvalue weighted by Gasteiger charge is -2.19. The van der Waals surface area contributed by atoms with Crippen LogP contribution in [-0.2, 0) is 22.4 Å². The highest BCUT2D eigenvalue weighted by atomic mass is 32.1. The SMILES string of the molecule is O=C(N[C@@H](Cc1ccc(-c2cccc3ccccc23)cc1)C(=O)O)[C@@H](CS)Cc1ccccc1. The van der Waals surface area contributed by atoms with Gasteiger partial charge in [-0.25, -0.2) is 4.79 Å². The summed E-state index contributed by atoms with van der Waals surface area (Å²) >= 11 is 4.32. The van der Waals surface area contributed by atoms with Crippen molar-refractivity contribution >= 4 is 35.3 Å². The van der Waals surface area contributed by atoms with Crippen molar-refractivity contribution < 1.29 is 14.7 Å². The molecule has 2 N–H and O–H groups in total. The number of rotatable bonds is 9. The van der Waals surface area contributed by atoms with Gasteiger partial charge in [-0.3, -0.25) is 4.79 Å². The molecule has 0 heterocycles. The zero-order valence-electron chi connectivity index (χ0n) is 18.7. The summed E-state index contributed by atoms with van der Waals surface area (Å²) in [6.07, 6.45) is 0.726. The molecule has 0 unspecified atom stereocenters. The Bertz CT molecular complexity index is 1270. The molecule has 0 saturated heterocycles. The fraction of sp³-hybridized carbons (Fsp3) is 0.172. The van der Waals surface area contributed by atoms with Crippen LogP contribution in [0.3, 0.4) is 0 Å². The van der Waals surface area contributed by atoms with Crippen LogP contribution in [0.2, 0.25) is 0 Å². The number of thiol groups is 1. The third-order valence-electron chi connectivity index (χ3n) is 6.03. The Balaban J connectivity index is 1.46. The summed E-state index contributed by atoms with van der Waals surface area (Å²) in [6, 6.07) is 31.0. The van der Waals surface area contributed by atoms with Gasteiger partial charge in [0.2, 0.25) is 5.91 Å². The van der Waals surface area contributed by atoms with Crippen molar-refractivity contribution in [3.05, 3.63) is 108 Å². The van der Waals surface area contributed by atoms with Gasteiger partial charge >= 0.3 is 5.97 Å². The number of benzene rings is 4. The predicted octanol–water partition coefficient (Wildman–Crippen LogP) is 5.41. The first-order valence-corrected chi connectivity index (χ1v) is 11.9. The standard InChI is InChI=1S/C29H27NO3S/c31-28(24(19-34)17-20-7-2-1-3-8-20)30-27(29(32)33)18-21-13-15-23(16-14-21)26-12-6-10-22-9-4-5-11-25(22)26/h1-16,24,27,34H,17-19H2,(H,30,31)(H,32,33)/t24-,27+/m1/s1. The lowest BCUT2D eigenvalue weighted by Crippen LogP contribution is -2.45. The van der Waals surface area contributed by atoms with E-state index in [1.54, 1.807) is 0 Å². The molecule has 0 aliphatic rings. The quantitative estimate of drug-likeness (QED) is 0.287. The average Bonchev–Trinajstić information content (AvgIpc) is 2.87. The fourth-order valence-electron chi connectivity index (χ4n) is 4.16. The molecule has 4 aromatic carbocycles. The van der Waals surface area contributed by atoms with Crippen LogP contribution >= 0.6 is 12.6 Å². The number of hydrogen-bond acceptors (Lipinski definition) is 3. The fourth-order valence-corrected chi connectivity index (χ4v) is 4.46. The van der Waals surface area contributed by atoms with E-state index in [9.17, 15) is 14.7 Å². The number of aliphatic carboxylic acids is 1. The smallest absolute Gasteiger partial charge is 0.326 e. The summed E-state index contributed by atoms with van der Waals surface area (Å²) in [4.78, 5) is 24.7. The highest BCUT2D eigenvalue weighted by Crippen LogP contribution is 2.28. The predicted molar refractivity (Wildman–Crippen MR) is 140 cm³/mol. The molecule has 5 heteroatoms. The number of carbonyl (C=O) groups excluding carboxylic acids is 1. The zero-order valence-corrected chi connectivity index (χ0v) is 19.6. The summed E-state index contributed by atoms with van der Waals surface area (Å²) in [5.41, 5.74) is 4.06. The molecule has 0 bridgehead atoms. The number of carbonyl (C=O) groups is 2. The van der Waals surface area contributed by atoms with Crippen molar-refractivity contribution in [2.24, 2.45) is 5.92 Å². The van der Waals surface area contributed by atoms with Crippen LogP contribution in [0, 0.1) is 5.92 Å². The van der Waals surface area contributed by atoms with Gasteiger partial charge in [-0.1, -0.05) is 97.1 Å². The summed E-state index contributed by atoms with van der Waals surface area (Å²) in [7, 11) is 0. The molecule has 4 aromatic rings. The van der Waals surface area contributed by atoms with Crippen molar-refractivity contribution in [1.29, 1.82) is 0 Å². The minimum absolute atomic E-state index is 0.210. The van der Waals surface area contributed by atoms with Crippen LogP contribution in [0.4, 0.5) is 0 Å². The molecule has 1 amide bonds. The van der Waals surface area contributed by atoms with Crippen LogP contribution in [-0.4, -0.2) is 28.8 Å². The Kier molecular flexibility index (Phi) is 7.65. The van der Waals surface area contributed by atoms with Crippen molar-refractivity contribution in [1.82, 2.24) is 5.32 Å². The number of nitrogens with one attached hydrogen (secondary N) is 1. The Morgan fingerprint density at radius 3 is 2.12 bits per heavy atom. The lowest BCUT2D eigenvalue weighted by atomic mass is 9.96. The lowest BCUT2D eigenvalue weighted by molar-refractivity contribution is -0.142. The molecule has 4 rings (SSSR count). The molecule has 0 aromatic heterocycles.